The molecule has 5 aromatic carbocycles. The maximum Gasteiger partial charge on any atom is 0.264 e. The SMILES string of the molecule is O=c1c2cccc3cccc(c32)c2nc3cc(-c4ccc5ccccc5c4)ccc3n12. The molecule has 0 aliphatic rings. The quantitative estimate of drug-likeness (QED) is 0.321. The smallest absolute Gasteiger partial charge is 0.264 e. The van der Waals surface area contributed by atoms with E-state index in [1.165, 1.54) is 10.8 Å². The zero-order valence-corrected chi connectivity index (χ0v) is 16.5. The predicted octanol–water partition coefficient (Wildman–Crippen LogP) is 6.41. The van der Waals surface area contributed by atoms with Gasteiger partial charge in [-0.1, -0.05) is 72.8 Å². The number of fused-ring (bicyclic) bond motifs is 5. The second-order valence-corrected chi connectivity index (χ2v) is 8.05. The van der Waals surface area contributed by atoms with Crippen LogP contribution in [0, 0.1) is 0 Å². The Labute approximate surface area is 177 Å². The first kappa shape index (κ1) is 16.5. The number of imidazole rings is 1. The normalized spacial score (nSPS) is 12.0. The van der Waals surface area contributed by atoms with Crippen molar-refractivity contribution in [1.82, 2.24) is 9.38 Å². The van der Waals surface area contributed by atoms with Crippen molar-refractivity contribution in [3.8, 4) is 11.1 Å². The first-order chi connectivity index (χ1) is 15.3. The summed E-state index contributed by atoms with van der Waals surface area (Å²) in [6.07, 6.45) is 0. The van der Waals surface area contributed by atoms with Crippen LogP contribution in [0.2, 0.25) is 0 Å². The van der Waals surface area contributed by atoms with Crippen LogP contribution in [-0.2, 0) is 0 Å². The van der Waals surface area contributed by atoms with Crippen LogP contribution in [0.25, 0.3) is 60.1 Å². The molecule has 7 aromatic rings. The molecule has 144 valence electrons. The van der Waals surface area contributed by atoms with Crippen LogP contribution < -0.4 is 5.56 Å². The summed E-state index contributed by atoms with van der Waals surface area (Å²) in [6, 6.07) is 33.1. The van der Waals surface area contributed by atoms with E-state index in [0.717, 1.165) is 49.4 Å². The molecule has 3 nitrogen and oxygen atoms in total. The Kier molecular flexibility index (Phi) is 3.15. The second-order valence-electron chi connectivity index (χ2n) is 8.05. The third-order valence-electron chi connectivity index (χ3n) is 6.32. The molecule has 0 aliphatic heterocycles. The van der Waals surface area contributed by atoms with Crippen LogP contribution in [0.1, 0.15) is 0 Å². The van der Waals surface area contributed by atoms with Gasteiger partial charge in [0, 0.05) is 16.2 Å². The van der Waals surface area contributed by atoms with E-state index in [0.29, 0.717) is 0 Å². The highest BCUT2D eigenvalue weighted by molar-refractivity contribution is 6.15. The molecule has 0 radical (unpaired) electrons. The largest absolute Gasteiger partial charge is 0.268 e. The second kappa shape index (κ2) is 5.89. The highest BCUT2D eigenvalue weighted by Gasteiger charge is 2.16. The lowest BCUT2D eigenvalue weighted by Gasteiger charge is -2.06. The minimum absolute atomic E-state index is 0.0137. The molecule has 0 amide bonds. The van der Waals surface area contributed by atoms with Gasteiger partial charge in [-0.25, -0.2) is 4.98 Å². The Balaban J connectivity index is 1.56. The number of rotatable bonds is 1. The molecular formula is C28H16N2O. The lowest BCUT2D eigenvalue weighted by molar-refractivity contribution is 1.19. The van der Waals surface area contributed by atoms with Gasteiger partial charge >= 0.3 is 0 Å². The topological polar surface area (TPSA) is 34.4 Å². The summed E-state index contributed by atoms with van der Waals surface area (Å²) in [5.41, 5.74) is 4.62. The van der Waals surface area contributed by atoms with Crippen molar-refractivity contribution in [2.75, 3.05) is 0 Å². The first-order valence-electron chi connectivity index (χ1n) is 10.4. The van der Waals surface area contributed by atoms with Crippen molar-refractivity contribution < 1.29 is 0 Å². The molecule has 2 aromatic heterocycles. The fourth-order valence-corrected chi connectivity index (χ4v) is 4.84. The molecule has 0 unspecified atom stereocenters. The Morgan fingerprint density at radius 2 is 1.32 bits per heavy atom. The maximum absolute atomic E-state index is 13.4. The first-order valence-corrected chi connectivity index (χ1v) is 10.4. The van der Waals surface area contributed by atoms with Crippen LogP contribution in [-0.4, -0.2) is 9.38 Å². The standard InChI is InChI=1S/C28H16N2O/c31-28-23-10-4-8-18-7-3-9-22(26(18)23)27-29-24-16-21(13-14-25(24)30(27)28)20-12-11-17-5-1-2-6-19(17)15-20/h1-16H. The van der Waals surface area contributed by atoms with Crippen molar-refractivity contribution in [2.24, 2.45) is 0 Å². The van der Waals surface area contributed by atoms with Gasteiger partial charge in [0.1, 0.15) is 5.65 Å². The van der Waals surface area contributed by atoms with Crippen molar-refractivity contribution in [1.29, 1.82) is 0 Å². The van der Waals surface area contributed by atoms with Crippen LogP contribution in [0.4, 0.5) is 0 Å². The summed E-state index contributed by atoms with van der Waals surface area (Å²) in [4.78, 5) is 18.3. The van der Waals surface area contributed by atoms with Crippen molar-refractivity contribution >= 4 is 49.0 Å². The third-order valence-corrected chi connectivity index (χ3v) is 6.32. The Bertz CT molecular complexity index is 1860. The molecule has 3 heteroatoms. The van der Waals surface area contributed by atoms with Gasteiger partial charge in [0.05, 0.1) is 11.0 Å². The van der Waals surface area contributed by atoms with Crippen molar-refractivity contribution in [3.05, 3.63) is 107 Å². The zero-order chi connectivity index (χ0) is 20.5. The van der Waals surface area contributed by atoms with E-state index >= 15 is 0 Å². The minimum Gasteiger partial charge on any atom is -0.268 e. The van der Waals surface area contributed by atoms with E-state index in [-0.39, 0.29) is 5.56 Å². The summed E-state index contributed by atoms with van der Waals surface area (Å²) in [6.45, 7) is 0. The lowest BCUT2D eigenvalue weighted by atomic mass is 10.0. The number of aromatic nitrogens is 2. The average molecular weight is 396 g/mol. The number of benzene rings is 5. The molecule has 31 heavy (non-hydrogen) atoms. The maximum atomic E-state index is 13.4. The van der Waals surface area contributed by atoms with Gasteiger partial charge < -0.3 is 0 Å². The van der Waals surface area contributed by atoms with Gasteiger partial charge in [0.15, 0.2) is 0 Å². The minimum atomic E-state index is -0.0137. The molecular weight excluding hydrogens is 380 g/mol. The molecule has 0 aliphatic carbocycles. The Morgan fingerprint density at radius 1 is 0.613 bits per heavy atom. The molecule has 0 fully saturated rings. The Hall–Kier alpha value is -4.24. The highest BCUT2D eigenvalue weighted by atomic mass is 16.1. The van der Waals surface area contributed by atoms with E-state index in [2.05, 4.69) is 60.7 Å². The van der Waals surface area contributed by atoms with Gasteiger partial charge in [-0.15, -0.1) is 0 Å². The molecule has 0 bridgehead atoms. The average Bonchev–Trinajstić information content (AvgIpc) is 3.21. The molecule has 2 heterocycles. The van der Waals surface area contributed by atoms with Crippen LogP contribution in [0.5, 0.6) is 0 Å². The fourth-order valence-electron chi connectivity index (χ4n) is 4.84. The van der Waals surface area contributed by atoms with Crippen molar-refractivity contribution in [3.63, 3.8) is 0 Å². The zero-order valence-electron chi connectivity index (χ0n) is 16.5. The number of hydrogen-bond donors (Lipinski definition) is 0. The summed E-state index contributed by atoms with van der Waals surface area (Å²) >= 11 is 0. The number of pyridine rings is 1. The van der Waals surface area contributed by atoms with Crippen LogP contribution in [0.3, 0.4) is 0 Å². The lowest BCUT2D eigenvalue weighted by Crippen LogP contribution is -2.13. The van der Waals surface area contributed by atoms with Crippen molar-refractivity contribution in [2.45, 2.75) is 0 Å². The van der Waals surface area contributed by atoms with E-state index in [4.69, 9.17) is 4.98 Å². The molecule has 0 saturated heterocycles. The number of nitrogens with zero attached hydrogens (tertiary/aromatic N) is 2. The molecule has 0 spiro atoms. The summed E-state index contributed by atoms with van der Waals surface area (Å²) in [5.74, 6) is 0. The van der Waals surface area contributed by atoms with Gasteiger partial charge in [0.2, 0.25) is 0 Å². The van der Waals surface area contributed by atoms with Crippen LogP contribution in [0.15, 0.2) is 102 Å². The van der Waals surface area contributed by atoms with Gasteiger partial charge in [-0.05, 0) is 51.6 Å². The summed E-state index contributed by atoms with van der Waals surface area (Å²) in [7, 11) is 0. The molecule has 0 N–H and O–H groups in total. The highest BCUT2D eigenvalue weighted by Crippen LogP contribution is 2.31. The molecule has 7 rings (SSSR count). The Morgan fingerprint density at radius 3 is 2.19 bits per heavy atom. The summed E-state index contributed by atoms with van der Waals surface area (Å²) in [5, 5.41) is 6.24. The molecule has 0 atom stereocenters. The van der Waals surface area contributed by atoms with Gasteiger partial charge in [-0.3, -0.25) is 9.20 Å². The fraction of sp³-hybridized carbons (Fsp3) is 0. The van der Waals surface area contributed by atoms with E-state index in [9.17, 15) is 4.79 Å². The predicted molar refractivity (Wildman–Crippen MR) is 128 cm³/mol. The number of hydrogen-bond acceptors (Lipinski definition) is 2. The monoisotopic (exact) mass is 396 g/mol. The van der Waals surface area contributed by atoms with E-state index < -0.39 is 0 Å². The summed E-state index contributed by atoms with van der Waals surface area (Å²) < 4.78 is 1.76. The third kappa shape index (κ3) is 2.23. The van der Waals surface area contributed by atoms with E-state index in [1.54, 1.807) is 4.40 Å². The molecule has 0 saturated carbocycles. The van der Waals surface area contributed by atoms with Gasteiger partial charge in [-0.2, -0.15) is 0 Å². The van der Waals surface area contributed by atoms with Gasteiger partial charge in [0.25, 0.3) is 5.56 Å². The van der Waals surface area contributed by atoms with E-state index in [1.807, 2.05) is 36.4 Å². The van der Waals surface area contributed by atoms with Crippen LogP contribution >= 0.6 is 0 Å².